The largest absolute Gasteiger partial charge is 0.379 e. The lowest BCUT2D eigenvalue weighted by Gasteiger charge is -2.44. The lowest BCUT2D eigenvalue weighted by molar-refractivity contribution is 0.0485. The summed E-state index contributed by atoms with van der Waals surface area (Å²) in [6.07, 6.45) is 11.0. The molecule has 3 fully saturated rings. The Morgan fingerprint density at radius 2 is 1.95 bits per heavy atom. The predicted molar refractivity (Wildman–Crippen MR) is 91.2 cm³/mol. The molecule has 1 aliphatic heterocycles. The number of nitrogens with zero attached hydrogens (tertiary/aromatic N) is 1. The zero-order valence-electron chi connectivity index (χ0n) is 14.6. The number of ether oxygens (including phenoxy) is 1. The molecule has 0 spiro atoms. The molecule has 3 rings (SSSR count). The van der Waals surface area contributed by atoms with Crippen molar-refractivity contribution in [1.82, 2.24) is 15.5 Å². The normalized spacial score (nSPS) is 35.9. The van der Waals surface area contributed by atoms with Crippen LogP contribution in [0.15, 0.2) is 0 Å². The van der Waals surface area contributed by atoms with Gasteiger partial charge in [0.15, 0.2) is 0 Å². The van der Waals surface area contributed by atoms with Gasteiger partial charge in [0.2, 0.25) is 0 Å². The molecular weight excluding hydrogens is 274 g/mol. The van der Waals surface area contributed by atoms with Crippen molar-refractivity contribution in [2.75, 3.05) is 40.4 Å². The first-order valence-corrected chi connectivity index (χ1v) is 9.43. The highest BCUT2D eigenvalue weighted by Crippen LogP contribution is 2.34. The first kappa shape index (κ1) is 16.7. The topological polar surface area (TPSA) is 36.5 Å². The van der Waals surface area contributed by atoms with E-state index in [-0.39, 0.29) is 0 Å². The van der Waals surface area contributed by atoms with Gasteiger partial charge < -0.3 is 20.3 Å². The monoisotopic (exact) mass is 309 g/mol. The molecule has 0 aromatic carbocycles. The summed E-state index contributed by atoms with van der Waals surface area (Å²) in [5.74, 6) is 0.753. The third-order valence-corrected chi connectivity index (χ3v) is 6.46. The van der Waals surface area contributed by atoms with Crippen molar-refractivity contribution in [2.45, 2.75) is 69.0 Å². The average Bonchev–Trinajstić information content (AvgIpc) is 3.03. The fourth-order valence-corrected chi connectivity index (χ4v) is 4.90. The van der Waals surface area contributed by atoms with Crippen LogP contribution < -0.4 is 10.6 Å². The lowest BCUT2D eigenvalue weighted by atomic mass is 9.80. The summed E-state index contributed by atoms with van der Waals surface area (Å²) in [5, 5.41) is 7.67. The van der Waals surface area contributed by atoms with Gasteiger partial charge in [-0.25, -0.2) is 0 Å². The first-order chi connectivity index (χ1) is 10.7. The van der Waals surface area contributed by atoms with Gasteiger partial charge in [-0.05, 0) is 45.7 Å². The number of hydrogen-bond acceptors (Lipinski definition) is 4. The number of likely N-dealkylation sites (N-methyl/N-ethyl adjacent to an activating group) is 1. The molecule has 128 valence electrons. The van der Waals surface area contributed by atoms with Crippen molar-refractivity contribution in [1.29, 1.82) is 0 Å². The van der Waals surface area contributed by atoms with Gasteiger partial charge in [-0.15, -0.1) is 0 Å². The SMILES string of the molecule is CN(C)C1(CNC2CCCC2C2COCCN2)CCCCC1. The summed E-state index contributed by atoms with van der Waals surface area (Å²) in [4.78, 5) is 2.49. The minimum absolute atomic E-state index is 0.391. The standard InChI is InChI=1S/C18H35N3O/c1-21(2)18(9-4-3-5-10-18)14-20-16-8-6-7-15(16)17-13-22-12-11-19-17/h15-17,19-20H,3-14H2,1-2H3. The van der Waals surface area contributed by atoms with Crippen LogP contribution in [0.2, 0.25) is 0 Å². The third kappa shape index (κ3) is 3.66. The van der Waals surface area contributed by atoms with Crippen molar-refractivity contribution < 1.29 is 4.74 Å². The second kappa shape index (κ2) is 7.61. The molecule has 0 radical (unpaired) electrons. The van der Waals surface area contributed by atoms with E-state index >= 15 is 0 Å². The van der Waals surface area contributed by atoms with Crippen LogP contribution in [-0.2, 0) is 4.74 Å². The van der Waals surface area contributed by atoms with Gasteiger partial charge in [-0.1, -0.05) is 25.7 Å². The fourth-order valence-electron chi connectivity index (χ4n) is 4.90. The maximum Gasteiger partial charge on any atom is 0.0623 e. The van der Waals surface area contributed by atoms with Crippen LogP contribution in [0.3, 0.4) is 0 Å². The molecular formula is C18H35N3O. The van der Waals surface area contributed by atoms with Crippen LogP contribution >= 0.6 is 0 Å². The van der Waals surface area contributed by atoms with E-state index in [9.17, 15) is 0 Å². The highest BCUT2D eigenvalue weighted by molar-refractivity contribution is 4.97. The van der Waals surface area contributed by atoms with E-state index in [1.165, 1.54) is 51.4 Å². The molecule has 1 heterocycles. The number of morpholine rings is 1. The van der Waals surface area contributed by atoms with Crippen molar-refractivity contribution in [2.24, 2.45) is 5.92 Å². The summed E-state index contributed by atoms with van der Waals surface area (Å²) in [5.41, 5.74) is 0.391. The summed E-state index contributed by atoms with van der Waals surface area (Å²) < 4.78 is 5.70. The van der Waals surface area contributed by atoms with Crippen molar-refractivity contribution in [3.8, 4) is 0 Å². The van der Waals surface area contributed by atoms with Crippen LogP contribution in [0.1, 0.15) is 51.4 Å². The molecule has 1 saturated heterocycles. The van der Waals surface area contributed by atoms with Crippen molar-refractivity contribution in [3.05, 3.63) is 0 Å². The first-order valence-electron chi connectivity index (χ1n) is 9.43. The van der Waals surface area contributed by atoms with E-state index in [1.807, 2.05) is 0 Å². The van der Waals surface area contributed by atoms with E-state index in [1.54, 1.807) is 0 Å². The van der Waals surface area contributed by atoms with Crippen molar-refractivity contribution in [3.63, 3.8) is 0 Å². The molecule has 0 bridgehead atoms. The summed E-state index contributed by atoms with van der Waals surface area (Å²) in [6, 6.07) is 1.24. The fraction of sp³-hybridized carbons (Fsp3) is 1.00. The zero-order valence-corrected chi connectivity index (χ0v) is 14.6. The molecule has 4 heteroatoms. The molecule has 22 heavy (non-hydrogen) atoms. The predicted octanol–water partition coefficient (Wildman–Crippen LogP) is 2.00. The van der Waals surface area contributed by atoms with Crippen LogP contribution in [-0.4, -0.2) is 62.9 Å². The maximum absolute atomic E-state index is 5.70. The number of hydrogen-bond donors (Lipinski definition) is 2. The maximum atomic E-state index is 5.70. The van der Waals surface area contributed by atoms with Crippen LogP contribution in [0.5, 0.6) is 0 Å². The van der Waals surface area contributed by atoms with Gasteiger partial charge in [0.05, 0.1) is 13.2 Å². The second-order valence-electron chi connectivity index (χ2n) is 7.90. The van der Waals surface area contributed by atoms with Gasteiger partial charge in [-0.3, -0.25) is 0 Å². The Hall–Kier alpha value is -0.160. The second-order valence-corrected chi connectivity index (χ2v) is 7.90. The molecule has 2 aliphatic carbocycles. The smallest absolute Gasteiger partial charge is 0.0623 e. The van der Waals surface area contributed by atoms with Crippen LogP contribution in [0.25, 0.3) is 0 Å². The highest BCUT2D eigenvalue weighted by Gasteiger charge is 2.38. The molecule has 2 saturated carbocycles. The summed E-state index contributed by atoms with van der Waals surface area (Å²) in [6.45, 7) is 3.97. The van der Waals surface area contributed by atoms with Gasteiger partial charge in [0, 0.05) is 30.7 Å². The molecule has 3 atom stereocenters. The molecule has 4 nitrogen and oxygen atoms in total. The quantitative estimate of drug-likeness (QED) is 0.814. The summed E-state index contributed by atoms with van der Waals surface area (Å²) in [7, 11) is 4.55. The molecule has 3 unspecified atom stereocenters. The van der Waals surface area contributed by atoms with E-state index in [0.717, 1.165) is 32.2 Å². The van der Waals surface area contributed by atoms with Crippen molar-refractivity contribution >= 4 is 0 Å². The van der Waals surface area contributed by atoms with Gasteiger partial charge >= 0.3 is 0 Å². The Kier molecular flexibility index (Phi) is 5.77. The average molecular weight is 309 g/mol. The summed E-state index contributed by atoms with van der Waals surface area (Å²) >= 11 is 0. The van der Waals surface area contributed by atoms with E-state index in [4.69, 9.17) is 4.74 Å². The molecule has 0 amide bonds. The molecule has 3 aliphatic rings. The van der Waals surface area contributed by atoms with Gasteiger partial charge in [-0.2, -0.15) is 0 Å². The lowest BCUT2D eigenvalue weighted by Crippen LogP contribution is -2.57. The van der Waals surface area contributed by atoms with Crippen LogP contribution in [0, 0.1) is 5.92 Å². The Bertz CT molecular complexity index is 335. The Labute approximate surface area is 136 Å². The van der Waals surface area contributed by atoms with E-state index in [0.29, 0.717) is 17.6 Å². The number of rotatable bonds is 5. The Balaban J connectivity index is 1.56. The molecule has 2 N–H and O–H groups in total. The Morgan fingerprint density at radius 3 is 2.64 bits per heavy atom. The van der Waals surface area contributed by atoms with Gasteiger partial charge in [0.25, 0.3) is 0 Å². The minimum atomic E-state index is 0.391. The highest BCUT2D eigenvalue weighted by atomic mass is 16.5. The van der Waals surface area contributed by atoms with Crippen LogP contribution in [0.4, 0.5) is 0 Å². The van der Waals surface area contributed by atoms with Gasteiger partial charge in [0.1, 0.15) is 0 Å². The minimum Gasteiger partial charge on any atom is -0.379 e. The molecule has 0 aromatic rings. The Morgan fingerprint density at radius 1 is 1.14 bits per heavy atom. The van der Waals surface area contributed by atoms with E-state index in [2.05, 4.69) is 29.6 Å². The zero-order chi connectivity index (χ0) is 15.4. The third-order valence-electron chi connectivity index (χ3n) is 6.46. The molecule has 0 aromatic heterocycles. The van der Waals surface area contributed by atoms with E-state index < -0.39 is 0 Å². The number of nitrogens with one attached hydrogen (secondary N) is 2.